The lowest BCUT2D eigenvalue weighted by Gasteiger charge is -2.04. The van der Waals surface area contributed by atoms with E-state index in [9.17, 15) is 0 Å². The van der Waals surface area contributed by atoms with Gasteiger partial charge in [0.1, 0.15) is 0 Å². The molecule has 1 aliphatic rings. The van der Waals surface area contributed by atoms with Crippen molar-refractivity contribution in [3.05, 3.63) is 10.6 Å². The van der Waals surface area contributed by atoms with Gasteiger partial charge in [0.15, 0.2) is 0 Å². The van der Waals surface area contributed by atoms with E-state index >= 15 is 0 Å². The van der Waals surface area contributed by atoms with E-state index in [0.717, 1.165) is 0 Å². The van der Waals surface area contributed by atoms with Crippen LogP contribution in [0.4, 0.5) is 0 Å². The third kappa shape index (κ3) is 6.31. The van der Waals surface area contributed by atoms with E-state index in [1.54, 1.807) is 0 Å². The minimum absolute atomic E-state index is 1.26. The first-order valence-electron chi connectivity index (χ1n) is 5.74. The molecule has 0 unspecified atom stereocenters. The molecule has 0 bridgehead atoms. The summed E-state index contributed by atoms with van der Waals surface area (Å²) in [6.45, 7) is 0. The molecule has 0 radical (unpaired) electrons. The number of hydrogen-bond donors (Lipinski definition) is 0. The van der Waals surface area contributed by atoms with Crippen LogP contribution in [0.15, 0.2) is 10.6 Å². The van der Waals surface area contributed by atoms with Crippen LogP contribution in [0.5, 0.6) is 0 Å². The third-order valence-electron chi connectivity index (χ3n) is 2.74. The van der Waals surface area contributed by atoms with Crippen molar-refractivity contribution in [3.63, 3.8) is 0 Å². The van der Waals surface area contributed by atoms with Gasteiger partial charge in [-0.25, -0.2) is 0 Å². The average Bonchev–Trinajstić information content (AvgIpc) is 2.11. The molecule has 0 N–H and O–H groups in total. The topological polar surface area (TPSA) is 0 Å². The molecule has 0 saturated carbocycles. The summed E-state index contributed by atoms with van der Waals surface area (Å²) in [7, 11) is 0. The molecule has 1 rings (SSSR count). The van der Waals surface area contributed by atoms with Gasteiger partial charge in [-0.3, -0.25) is 0 Å². The molecule has 0 fully saturated rings. The minimum atomic E-state index is 1.26. The lowest BCUT2D eigenvalue weighted by Crippen LogP contribution is -1.84. The summed E-state index contributed by atoms with van der Waals surface area (Å²) in [6, 6.07) is 0. The summed E-state index contributed by atoms with van der Waals surface area (Å²) in [4.78, 5) is 0. The number of allylic oxidation sites excluding steroid dienone is 2. The van der Waals surface area contributed by atoms with Gasteiger partial charge in [0.2, 0.25) is 0 Å². The van der Waals surface area contributed by atoms with Crippen LogP contribution in [-0.4, -0.2) is 0 Å². The zero-order chi connectivity index (χ0) is 9.36. The Hall–Kier alpha value is 0.220. The van der Waals surface area contributed by atoms with E-state index in [-0.39, 0.29) is 0 Å². The zero-order valence-corrected chi connectivity index (χ0v) is 10.1. The van der Waals surface area contributed by atoms with Gasteiger partial charge in [-0.05, 0) is 30.2 Å². The van der Waals surface area contributed by atoms with Crippen LogP contribution < -0.4 is 0 Å². The fraction of sp³-hybridized carbons (Fsp3) is 0.833. The van der Waals surface area contributed by atoms with Crippen LogP contribution in [-0.2, 0) is 0 Å². The molecular formula is C12H21Br. The van der Waals surface area contributed by atoms with Crippen LogP contribution in [0, 0.1) is 0 Å². The predicted molar refractivity (Wildman–Crippen MR) is 63.2 cm³/mol. The number of rotatable bonds is 0. The lowest BCUT2D eigenvalue weighted by atomic mass is 10.0. The molecule has 0 aromatic heterocycles. The van der Waals surface area contributed by atoms with Crippen molar-refractivity contribution < 1.29 is 0 Å². The molecule has 0 nitrogen and oxygen atoms in total. The maximum Gasteiger partial charge on any atom is -0.00892 e. The van der Waals surface area contributed by atoms with Gasteiger partial charge in [-0.1, -0.05) is 60.5 Å². The normalized spacial score (nSPS) is 22.7. The zero-order valence-electron chi connectivity index (χ0n) is 8.53. The van der Waals surface area contributed by atoms with Crippen LogP contribution in [0.25, 0.3) is 0 Å². The second-order valence-corrected chi connectivity index (χ2v) is 5.04. The quantitative estimate of drug-likeness (QED) is 0.551. The first-order valence-corrected chi connectivity index (χ1v) is 6.53. The minimum Gasteiger partial charge on any atom is -0.0744 e. The summed E-state index contributed by atoms with van der Waals surface area (Å²) >= 11 is 3.64. The van der Waals surface area contributed by atoms with Crippen LogP contribution in [0.1, 0.15) is 64.2 Å². The molecule has 1 heteroatoms. The maximum absolute atomic E-state index is 3.64. The Bertz CT molecular complexity index is 149. The highest BCUT2D eigenvalue weighted by Crippen LogP contribution is 2.19. The molecule has 0 aliphatic heterocycles. The number of halogens is 1. The SMILES string of the molecule is BrC1=CCCCCCCCCCC1. The Morgan fingerprint density at radius 3 is 2.00 bits per heavy atom. The first-order chi connectivity index (χ1) is 6.39. The Balaban J connectivity index is 2.23. The predicted octanol–water partition coefficient (Wildman–Crippen LogP) is 5.18. The summed E-state index contributed by atoms with van der Waals surface area (Å²) in [5.74, 6) is 0. The standard InChI is InChI=1S/C12H21Br/c13-12-10-8-6-4-2-1-3-5-7-9-11-12/h10H,1-9,11H2. The van der Waals surface area contributed by atoms with E-state index in [1.807, 2.05) is 0 Å². The fourth-order valence-electron chi connectivity index (χ4n) is 1.86. The molecule has 0 amide bonds. The van der Waals surface area contributed by atoms with Crippen LogP contribution in [0.2, 0.25) is 0 Å². The second kappa shape index (κ2) is 7.61. The molecule has 0 saturated heterocycles. The van der Waals surface area contributed by atoms with Crippen LogP contribution in [0.3, 0.4) is 0 Å². The average molecular weight is 245 g/mol. The van der Waals surface area contributed by atoms with Crippen molar-refractivity contribution in [2.24, 2.45) is 0 Å². The molecular weight excluding hydrogens is 224 g/mol. The van der Waals surface area contributed by atoms with E-state index in [4.69, 9.17) is 0 Å². The van der Waals surface area contributed by atoms with Gasteiger partial charge >= 0.3 is 0 Å². The van der Waals surface area contributed by atoms with Crippen molar-refractivity contribution in [1.82, 2.24) is 0 Å². The molecule has 1 aliphatic carbocycles. The van der Waals surface area contributed by atoms with Gasteiger partial charge in [-0.15, -0.1) is 0 Å². The Labute approximate surface area is 90.9 Å². The molecule has 0 atom stereocenters. The molecule has 0 aromatic carbocycles. The molecule has 76 valence electrons. The van der Waals surface area contributed by atoms with Gasteiger partial charge in [-0.2, -0.15) is 0 Å². The first kappa shape index (κ1) is 11.3. The van der Waals surface area contributed by atoms with E-state index in [0.29, 0.717) is 0 Å². The molecule has 0 heterocycles. The monoisotopic (exact) mass is 244 g/mol. The van der Waals surface area contributed by atoms with E-state index in [1.165, 1.54) is 68.7 Å². The van der Waals surface area contributed by atoms with Crippen molar-refractivity contribution >= 4 is 15.9 Å². The molecule has 0 spiro atoms. The molecule has 0 aromatic rings. The summed E-state index contributed by atoms with van der Waals surface area (Å²) < 4.78 is 1.44. The Morgan fingerprint density at radius 2 is 1.31 bits per heavy atom. The highest BCUT2D eigenvalue weighted by Gasteiger charge is 1.96. The van der Waals surface area contributed by atoms with E-state index in [2.05, 4.69) is 22.0 Å². The lowest BCUT2D eigenvalue weighted by molar-refractivity contribution is 0.566. The smallest absolute Gasteiger partial charge is 0.00892 e. The highest BCUT2D eigenvalue weighted by atomic mass is 79.9. The summed E-state index contributed by atoms with van der Waals surface area (Å²) in [6.07, 6.45) is 16.3. The van der Waals surface area contributed by atoms with Gasteiger partial charge in [0.05, 0.1) is 0 Å². The third-order valence-corrected chi connectivity index (χ3v) is 3.46. The number of hydrogen-bond acceptors (Lipinski definition) is 0. The Morgan fingerprint density at radius 1 is 0.769 bits per heavy atom. The van der Waals surface area contributed by atoms with Crippen molar-refractivity contribution in [1.29, 1.82) is 0 Å². The second-order valence-electron chi connectivity index (χ2n) is 4.02. The fourth-order valence-corrected chi connectivity index (χ4v) is 2.37. The summed E-state index contributed by atoms with van der Waals surface area (Å²) in [5, 5.41) is 0. The largest absolute Gasteiger partial charge is 0.0744 e. The highest BCUT2D eigenvalue weighted by molar-refractivity contribution is 9.11. The summed E-state index contributed by atoms with van der Waals surface area (Å²) in [5.41, 5.74) is 0. The van der Waals surface area contributed by atoms with E-state index < -0.39 is 0 Å². The Kier molecular flexibility index (Phi) is 6.61. The van der Waals surface area contributed by atoms with Gasteiger partial charge in [0, 0.05) is 0 Å². The van der Waals surface area contributed by atoms with Crippen LogP contribution >= 0.6 is 15.9 Å². The van der Waals surface area contributed by atoms with Crippen molar-refractivity contribution in [2.75, 3.05) is 0 Å². The van der Waals surface area contributed by atoms with Crippen molar-refractivity contribution in [3.8, 4) is 0 Å². The maximum atomic E-state index is 3.64. The van der Waals surface area contributed by atoms with Crippen molar-refractivity contribution in [2.45, 2.75) is 64.2 Å². The van der Waals surface area contributed by atoms with Gasteiger partial charge < -0.3 is 0 Å². The van der Waals surface area contributed by atoms with Gasteiger partial charge in [0.25, 0.3) is 0 Å². The molecule has 13 heavy (non-hydrogen) atoms.